The minimum Gasteiger partial charge on any atom is -0.387 e. The van der Waals surface area contributed by atoms with Crippen LogP contribution in [0.4, 0.5) is 0 Å². The lowest BCUT2D eigenvalue weighted by molar-refractivity contribution is -0.123. The maximum absolute atomic E-state index is 12.7. The van der Waals surface area contributed by atoms with Gasteiger partial charge in [0.15, 0.2) is 0 Å². The first kappa shape index (κ1) is 47.5. The van der Waals surface area contributed by atoms with Crippen molar-refractivity contribution in [1.82, 2.24) is 5.32 Å². The van der Waals surface area contributed by atoms with Crippen LogP contribution in [-0.2, 0) is 18.4 Å². The summed E-state index contributed by atoms with van der Waals surface area (Å²) in [5.74, 6) is -0.215. The molecule has 0 bridgehead atoms. The molecule has 9 heteroatoms. The van der Waals surface area contributed by atoms with E-state index in [0.29, 0.717) is 6.42 Å². The number of nitrogens with one attached hydrogen (secondary N) is 1. The molecule has 0 aromatic rings. The molecule has 3 unspecified atom stereocenters. The fourth-order valence-electron chi connectivity index (χ4n) is 5.35. The standard InChI is InChI=1S/C40H75N2O6P/c1-3-5-7-9-11-13-15-17-18-19-20-21-22-24-26-28-30-32-34-40(44)42-38(37-48-49(45,46)47-36-35-41)39(43)33-31-29-27-25-23-16-14-12-10-8-6-4-2/h13,15,18-19,23,25,31,33,38-39,43H,3-12,14,16-17,20-22,24,26-30,32,34-37,41H2,1-2H3,(H,42,44)(H,45,46)/b15-13-,19-18-,25-23+,33-31+. The highest BCUT2D eigenvalue weighted by molar-refractivity contribution is 7.47. The van der Waals surface area contributed by atoms with Crippen LogP contribution >= 0.6 is 7.82 Å². The van der Waals surface area contributed by atoms with Crippen LogP contribution in [0.15, 0.2) is 48.6 Å². The Morgan fingerprint density at radius 1 is 0.673 bits per heavy atom. The third kappa shape index (κ3) is 34.7. The molecule has 0 saturated carbocycles. The quantitative estimate of drug-likeness (QED) is 0.0289. The molecule has 0 rings (SSSR count). The van der Waals surface area contributed by atoms with Crippen molar-refractivity contribution in [2.45, 2.75) is 180 Å². The van der Waals surface area contributed by atoms with Crippen molar-refractivity contribution in [1.29, 1.82) is 0 Å². The summed E-state index contributed by atoms with van der Waals surface area (Å²) in [5.41, 5.74) is 5.35. The molecule has 0 radical (unpaired) electrons. The third-order valence-corrected chi connectivity index (χ3v) is 9.36. The highest BCUT2D eigenvalue weighted by Gasteiger charge is 2.26. The molecule has 0 spiro atoms. The van der Waals surface area contributed by atoms with E-state index in [2.05, 4.69) is 55.6 Å². The Kier molecular flexibility index (Phi) is 35.1. The van der Waals surface area contributed by atoms with Crippen molar-refractivity contribution in [2.24, 2.45) is 5.73 Å². The average Bonchev–Trinajstić information content (AvgIpc) is 3.09. The second kappa shape index (κ2) is 36.3. The van der Waals surface area contributed by atoms with E-state index < -0.39 is 20.0 Å². The number of phosphoric ester groups is 1. The summed E-state index contributed by atoms with van der Waals surface area (Å²) in [6.45, 7) is 4.05. The predicted molar refractivity (Wildman–Crippen MR) is 207 cm³/mol. The van der Waals surface area contributed by atoms with E-state index >= 15 is 0 Å². The van der Waals surface area contributed by atoms with Crippen LogP contribution in [0.1, 0.15) is 168 Å². The number of hydrogen-bond donors (Lipinski definition) is 4. The van der Waals surface area contributed by atoms with Gasteiger partial charge in [-0.2, -0.15) is 0 Å². The highest BCUT2D eigenvalue weighted by Crippen LogP contribution is 2.43. The van der Waals surface area contributed by atoms with E-state index in [0.717, 1.165) is 57.8 Å². The second-order valence-corrected chi connectivity index (χ2v) is 14.6. The van der Waals surface area contributed by atoms with Gasteiger partial charge in [-0.3, -0.25) is 13.8 Å². The van der Waals surface area contributed by atoms with Crippen LogP contribution in [0.2, 0.25) is 0 Å². The van der Waals surface area contributed by atoms with Gasteiger partial charge in [0.2, 0.25) is 5.91 Å². The van der Waals surface area contributed by atoms with Crippen molar-refractivity contribution >= 4 is 13.7 Å². The maximum atomic E-state index is 12.7. The number of allylic oxidation sites excluding steroid dienone is 7. The number of rotatable bonds is 36. The van der Waals surface area contributed by atoms with Crippen molar-refractivity contribution in [3.8, 4) is 0 Å². The molecule has 286 valence electrons. The van der Waals surface area contributed by atoms with Crippen LogP contribution < -0.4 is 11.1 Å². The lowest BCUT2D eigenvalue weighted by Gasteiger charge is -2.23. The van der Waals surface area contributed by atoms with Gasteiger partial charge < -0.3 is 21.1 Å². The van der Waals surface area contributed by atoms with Gasteiger partial charge >= 0.3 is 7.82 Å². The number of carbonyl (C=O) groups excluding carboxylic acids is 1. The number of carbonyl (C=O) groups is 1. The number of aliphatic hydroxyl groups excluding tert-OH is 1. The van der Waals surface area contributed by atoms with Crippen molar-refractivity contribution < 1.29 is 28.4 Å². The Balaban J connectivity index is 4.31. The van der Waals surface area contributed by atoms with Gasteiger partial charge in [0, 0.05) is 13.0 Å². The number of hydrogen-bond acceptors (Lipinski definition) is 6. The molecule has 3 atom stereocenters. The van der Waals surface area contributed by atoms with E-state index in [1.54, 1.807) is 6.08 Å². The molecular weight excluding hydrogens is 635 g/mol. The van der Waals surface area contributed by atoms with Gasteiger partial charge in [0.05, 0.1) is 25.4 Å². The zero-order valence-corrected chi connectivity index (χ0v) is 32.3. The maximum Gasteiger partial charge on any atom is 0.472 e. The first-order chi connectivity index (χ1) is 23.9. The van der Waals surface area contributed by atoms with Crippen LogP contribution in [0.25, 0.3) is 0 Å². The minimum atomic E-state index is -4.34. The monoisotopic (exact) mass is 711 g/mol. The summed E-state index contributed by atoms with van der Waals surface area (Å²) in [5, 5.41) is 13.6. The molecule has 1 amide bonds. The first-order valence-corrected chi connectivity index (χ1v) is 21.3. The number of phosphoric acid groups is 1. The highest BCUT2D eigenvalue weighted by atomic mass is 31.2. The topological polar surface area (TPSA) is 131 Å². The first-order valence-electron chi connectivity index (χ1n) is 19.8. The molecule has 0 saturated heterocycles. The van der Waals surface area contributed by atoms with E-state index in [-0.39, 0.29) is 25.7 Å². The van der Waals surface area contributed by atoms with Crippen LogP contribution in [0.3, 0.4) is 0 Å². The number of aliphatic hydroxyl groups is 1. The second-order valence-electron chi connectivity index (χ2n) is 13.1. The van der Waals surface area contributed by atoms with Crippen LogP contribution in [0, 0.1) is 0 Å². The van der Waals surface area contributed by atoms with Crippen LogP contribution in [-0.4, -0.2) is 47.8 Å². The number of amides is 1. The molecule has 49 heavy (non-hydrogen) atoms. The molecule has 0 aromatic heterocycles. The van der Waals surface area contributed by atoms with Crippen molar-refractivity contribution in [2.75, 3.05) is 19.8 Å². The largest absolute Gasteiger partial charge is 0.472 e. The molecule has 0 fully saturated rings. The Bertz CT molecular complexity index is 907. The molecule has 0 aromatic carbocycles. The Hall–Kier alpha value is -1.54. The minimum absolute atomic E-state index is 0.0710. The molecule has 0 aliphatic rings. The number of nitrogens with two attached hydrogens (primary N) is 1. The van der Waals surface area contributed by atoms with E-state index in [1.807, 2.05) is 6.08 Å². The van der Waals surface area contributed by atoms with E-state index in [4.69, 9.17) is 14.8 Å². The molecule has 0 aliphatic heterocycles. The lowest BCUT2D eigenvalue weighted by Crippen LogP contribution is -2.45. The van der Waals surface area contributed by atoms with Gasteiger partial charge in [-0.25, -0.2) is 4.57 Å². The normalized spacial score (nSPS) is 14.8. The van der Waals surface area contributed by atoms with E-state index in [9.17, 15) is 19.4 Å². The molecular formula is C40H75N2O6P. The lowest BCUT2D eigenvalue weighted by atomic mass is 10.1. The molecule has 0 heterocycles. The van der Waals surface area contributed by atoms with Crippen molar-refractivity contribution in [3.05, 3.63) is 48.6 Å². The van der Waals surface area contributed by atoms with Crippen molar-refractivity contribution in [3.63, 3.8) is 0 Å². The molecule has 0 aliphatic carbocycles. The van der Waals surface area contributed by atoms with Crippen LogP contribution in [0.5, 0.6) is 0 Å². The van der Waals surface area contributed by atoms with Gasteiger partial charge in [-0.1, -0.05) is 146 Å². The molecule has 5 N–H and O–H groups in total. The Morgan fingerprint density at radius 3 is 1.71 bits per heavy atom. The zero-order chi connectivity index (χ0) is 36.1. The summed E-state index contributed by atoms with van der Waals surface area (Å²) in [6, 6.07) is -0.880. The zero-order valence-electron chi connectivity index (χ0n) is 31.4. The summed E-state index contributed by atoms with van der Waals surface area (Å²) in [7, 11) is -4.34. The molecule has 8 nitrogen and oxygen atoms in total. The predicted octanol–water partition coefficient (Wildman–Crippen LogP) is 10.6. The number of unbranched alkanes of at least 4 members (excludes halogenated alkanes) is 18. The Labute approximate surface area is 301 Å². The summed E-state index contributed by atoms with van der Waals surface area (Å²) >= 11 is 0. The Morgan fingerprint density at radius 2 is 1.14 bits per heavy atom. The van der Waals surface area contributed by atoms with Gasteiger partial charge in [0.1, 0.15) is 0 Å². The van der Waals surface area contributed by atoms with Gasteiger partial charge in [-0.05, 0) is 64.2 Å². The average molecular weight is 711 g/mol. The summed E-state index contributed by atoms with van der Waals surface area (Å²) < 4.78 is 22.0. The fourth-order valence-corrected chi connectivity index (χ4v) is 6.11. The SMILES string of the molecule is CCCCCC/C=C\C/C=C\CCCCCCCCCC(=O)NC(COP(=O)(O)OCCN)C(O)/C=C/CC/C=C/CCCCCCCC. The summed E-state index contributed by atoms with van der Waals surface area (Å²) in [6.07, 6.45) is 43.0. The summed E-state index contributed by atoms with van der Waals surface area (Å²) in [4.78, 5) is 22.6. The van der Waals surface area contributed by atoms with E-state index in [1.165, 1.54) is 89.9 Å². The third-order valence-electron chi connectivity index (χ3n) is 8.38. The fraction of sp³-hybridized carbons (Fsp3) is 0.775. The van der Waals surface area contributed by atoms with Gasteiger partial charge in [0.25, 0.3) is 0 Å². The smallest absolute Gasteiger partial charge is 0.387 e. The van der Waals surface area contributed by atoms with Gasteiger partial charge in [-0.15, -0.1) is 0 Å².